The maximum absolute atomic E-state index is 14.6. The lowest BCUT2D eigenvalue weighted by atomic mass is 9.73. The molecule has 5 nitrogen and oxygen atoms in total. The molecule has 1 fully saturated rings. The molecule has 224 valence electrons. The standard InChI is InChI=1S/C38H37NO4S/c1-27-20-22-33(23-21-27)44(42,43)39-26-32(25-35(40)29-18-11-19-29)37(38(41)31-16-9-4-10-17-31)36(30-14-7-3-8-15-30)34(39)24-28-12-5-2-6-13-28/h2-10,12-17,20-23,29,32,34H,11,18-19,24-26H2,1H3/t32-,34-/m0/s1. The van der Waals surface area contributed by atoms with Crippen molar-refractivity contribution in [3.05, 3.63) is 143 Å². The Balaban J connectivity index is 1.59. The predicted molar refractivity (Wildman–Crippen MR) is 174 cm³/mol. The zero-order valence-corrected chi connectivity index (χ0v) is 25.7. The fraction of sp³-hybridized carbons (Fsp3) is 0.263. The first-order valence-corrected chi connectivity index (χ1v) is 16.8. The quantitative estimate of drug-likeness (QED) is 0.178. The highest BCUT2D eigenvalue weighted by Gasteiger charge is 2.45. The Morgan fingerprint density at radius 2 is 1.36 bits per heavy atom. The summed E-state index contributed by atoms with van der Waals surface area (Å²) in [7, 11) is -4.01. The second-order valence-electron chi connectivity index (χ2n) is 12.0. The van der Waals surface area contributed by atoms with Crippen LogP contribution in [0.25, 0.3) is 5.57 Å². The summed E-state index contributed by atoms with van der Waals surface area (Å²) >= 11 is 0. The fourth-order valence-corrected chi connectivity index (χ4v) is 8.10. The fourth-order valence-electron chi connectivity index (χ4n) is 6.46. The smallest absolute Gasteiger partial charge is 0.243 e. The summed E-state index contributed by atoms with van der Waals surface area (Å²) in [4.78, 5) is 28.3. The van der Waals surface area contributed by atoms with Gasteiger partial charge in [0.2, 0.25) is 10.0 Å². The van der Waals surface area contributed by atoms with Crippen molar-refractivity contribution in [2.45, 2.75) is 50.0 Å². The van der Waals surface area contributed by atoms with Crippen LogP contribution in [0.2, 0.25) is 0 Å². The van der Waals surface area contributed by atoms with Crippen LogP contribution in [-0.4, -0.2) is 36.9 Å². The molecule has 1 aliphatic heterocycles. The maximum Gasteiger partial charge on any atom is 0.243 e. The van der Waals surface area contributed by atoms with E-state index in [1.165, 1.54) is 0 Å². The van der Waals surface area contributed by atoms with E-state index < -0.39 is 22.0 Å². The highest BCUT2D eigenvalue weighted by Crippen LogP contribution is 2.43. The Morgan fingerprint density at radius 3 is 1.95 bits per heavy atom. The summed E-state index contributed by atoms with van der Waals surface area (Å²) in [6.45, 7) is 1.98. The van der Waals surface area contributed by atoms with Crippen LogP contribution in [0.3, 0.4) is 0 Å². The Hall–Kier alpha value is -4.13. The number of Topliss-reactive ketones (excluding diaryl/α,β-unsaturated/α-hetero) is 2. The van der Waals surface area contributed by atoms with Crippen LogP contribution in [0.1, 0.15) is 52.7 Å². The van der Waals surface area contributed by atoms with E-state index in [9.17, 15) is 18.0 Å². The topological polar surface area (TPSA) is 71.5 Å². The summed E-state index contributed by atoms with van der Waals surface area (Å²) in [6, 6.07) is 34.8. The third kappa shape index (κ3) is 6.10. The number of benzene rings is 4. The van der Waals surface area contributed by atoms with E-state index >= 15 is 0 Å². The second-order valence-corrected chi connectivity index (χ2v) is 13.9. The molecular formula is C38H37NO4S. The molecule has 0 bridgehead atoms. The van der Waals surface area contributed by atoms with E-state index in [2.05, 4.69) is 0 Å². The van der Waals surface area contributed by atoms with E-state index in [4.69, 9.17) is 0 Å². The zero-order chi connectivity index (χ0) is 30.7. The van der Waals surface area contributed by atoms with Crippen LogP contribution in [0.4, 0.5) is 0 Å². The number of sulfonamides is 1. The highest BCUT2D eigenvalue weighted by molar-refractivity contribution is 7.89. The normalized spacial score (nSPS) is 19.4. The van der Waals surface area contributed by atoms with Gasteiger partial charge in [-0.2, -0.15) is 4.31 Å². The summed E-state index contributed by atoms with van der Waals surface area (Å²) < 4.78 is 30.7. The van der Waals surface area contributed by atoms with Crippen LogP contribution < -0.4 is 0 Å². The van der Waals surface area contributed by atoms with Gasteiger partial charge in [0.1, 0.15) is 5.78 Å². The molecule has 0 radical (unpaired) electrons. The molecule has 0 saturated heterocycles. The molecule has 4 aromatic carbocycles. The van der Waals surface area contributed by atoms with Crippen molar-refractivity contribution in [3.8, 4) is 0 Å². The van der Waals surface area contributed by atoms with Gasteiger partial charge >= 0.3 is 0 Å². The highest BCUT2D eigenvalue weighted by atomic mass is 32.2. The minimum absolute atomic E-state index is 0.0209. The second kappa shape index (κ2) is 12.8. The van der Waals surface area contributed by atoms with Crippen LogP contribution in [0, 0.1) is 18.8 Å². The van der Waals surface area contributed by atoms with Crippen molar-refractivity contribution in [1.29, 1.82) is 0 Å². The van der Waals surface area contributed by atoms with Gasteiger partial charge < -0.3 is 0 Å². The van der Waals surface area contributed by atoms with E-state index in [-0.39, 0.29) is 35.3 Å². The molecule has 4 aromatic rings. The van der Waals surface area contributed by atoms with Gasteiger partial charge in [-0.05, 0) is 55.0 Å². The van der Waals surface area contributed by atoms with Crippen LogP contribution in [-0.2, 0) is 21.2 Å². The van der Waals surface area contributed by atoms with Gasteiger partial charge in [0.15, 0.2) is 5.78 Å². The molecule has 6 heteroatoms. The SMILES string of the molecule is Cc1ccc(S(=O)(=O)N2C[C@H](CC(=O)C3CCC3)C(C(=O)c3ccccc3)=C(c3ccccc3)[C@@H]2Cc2ccccc2)cc1. The number of aryl methyl sites for hydroxylation is 1. The third-order valence-electron chi connectivity index (χ3n) is 9.05. The van der Waals surface area contributed by atoms with Gasteiger partial charge in [-0.3, -0.25) is 9.59 Å². The molecule has 0 aromatic heterocycles. The molecule has 0 amide bonds. The molecule has 1 aliphatic carbocycles. The van der Waals surface area contributed by atoms with E-state index in [0.29, 0.717) is 23.1 Å². The lowest BCUT2D eigenvalue weighted by Gasteiger charge is -2.42. The number of hydrogen-bond donors (Lipinski definition) is 0. The minimum atomic E-state index is -4.01. The average Bonchev–Trinajstić information content (AvgIpc) is 3.01. The van der Waals surface area contributed by atoms with Gasteiger partial charge in [-0.1, -0.05) is 115 Å². The summed E-state index contributed by atoms with van der Waals surface area (Å²) in [6.07, 6.45) is 3.24. The predicted octanol–water partition coefficient (Wildman–Crippen LogP) is 7.32. The number of nitrogens with zero attached hydrogens (tertiary/aromatic N) is 1. The van der Waals surface area contributed by atoms with Crippen molar-refractivity contribution >= 4 is 27.2 Å². The molecular weight excluding hydrogens is 566 g/mol. The van der Waals surface area contributed by atoms with Crippen molar-refractivity contribution in [2.24, 2.45) is 11.8 Å². The summed E-state index contributed by atoms with van der Waals surface area (Å²) in [5.41, 5.74) is 4.48. The first-order chi connectivity index (χ1) is 21.3. The summed E-state index contributed by atoms with van der Waals surface area (Å²) in [5, 5.41) is 0. The number of rotatable bonds is 10. The molecule has 1 heterocycles. The molecule has 2 aliphatic rings. The molecule has 6 rings (SSSR count). The Bertz CT molecular complexity index is 1760. The number of carbonyl (C=O) groups is 2. The van der Waals surface area contributed by atoms with Crippen molar-refractivity contribution < 1.29 is 18.0 Å². The number of hydrogen-bond acceptors (Lipinski definition) is 4. The molecule has 0 spiro atoms. The zero-order valence-electron chi connectivity index (χ0n) is 24.9. The molecule has 2 atom stereocenters. The molecule has 0 N–H and O–H groups in total. The van der Waals surface area contributed by atoms with Gasteiger partial charge in [0, 0.05) is 35.9 Å². The van der Waals surface area contributed by atoms with Gasteiger partial charge in [-0.15, -0.1) is 0 Å². The molecule has 1 saturated carbocycles. The van der Waals surface area contributed by atoms with Crippen molar-refractivity contribution in [1.82, 2.24) is 4.31 Å². The lowest BCUT2D eigenvalue weighted by molar-refractivity contribution is -0.126. The first-order valence-electron chi connectivity index (χ1n) is 15.4. The number of ketones is 2. The third-order valence-corrected chi connectivity index (χ3v) is 10.9. The molecule has 0 unspecified atom stereocenters. The Labute approximate surface area is 260 Å². The van der Waals surface area contributed by atoms with Gasteiger partial charge in [-0.25, -0.2) is 8.42 Å². The lowest BCUT2D eigenvalue weighted by Crippen LogP contribution is -2.50. The van der Waals surface area contributed by atoms with E-state index in [0.717, 1.165) is 36.0 Å². The van der Waals surface area contributed by atoms with Gasteiger partial charge in [0.05, 0.1) is 10.9 Å². The van der Waals surface area contributed by atoms with Crippen LogP contribution in [0.15, 0.2) is 126 Å². The Kier molecular flexibility index (Phi) is 8.74. The van der Waals surface area contributed by atoms with Crippen molar-refractivity contribution in [2.75, 3.05) is 6.54 Å². The maximum atomic E-state index is 14.6. The number of carbonyl (C=O) groups excluding carboxylic acids is 2. The van der Waals surface area contributed by atoms with E-state index in [1.807, 2.05) is 85.8 Å². The minimum Gasteiger partial charge on any atom is -0.299 e. The molecule has 44 heavy (non-hydrogen) atoms. The summed E-state index contributed by atoms with van der Waals surface area (Å²) in [5.74, 6) is -0.645. The van der Waals surface area contributed by atoms with Crippen LogP contribution >= 0.6 is 0 Å². The van der Waals surface area contributed by atoms with Crippen LogP contribution in [0.5, 0.6) is 0 Å². The average molecular weight is 604 g/mol. The largest absolute Gasteiger partial charge is 0.299 e. The van der Waals surface area contributed by atoms with Crippen molar-refractivity contribution in [3.63, 3.8) is 0 Å². The Morgan fingerprint density at radius 1 is 0.773 bits per heavy atom. The van der Waals surface area contributed by atoms with E-state index in [1.54, 1.807) is 40.7 Å². The monoisotopic (exact) mass is 603 g/mol. The van der Waals surface area contributed by atoms with Gasteiger partial charge in [0.25, 0.3) is 0 Å². The first kappa shape index (κ1) is 29.9.